The fourth-order valence-electron chi connectivity index (χ4n) is 2.53. The molecule has 0 radical (unpaired) electrons. The van der Waals surface area contributed by atoms with E-state index in [1.807, 2.05) is 67.5 Å². The van der Waals surface area contributed by atoms with Crippen molar-refractivity contribution in [3.05, 3.63) is 54.1 Å². The molecule has 0 spiro atoms. The number of hydrogen-bond donors (Lipinski definition) is 1. The summed E-state index contributed by atoms with van der Waals surface area (Å²) in [6, 6.07) is 15.2. The van der Waals surface area contributed by atoms with Crippen molar-refractivity contribution in [1.82, 2.24) is 5.32 Å². The number of amides is 1. The number of methoxy groups -OCH3 is 1. The van der Waals surface area contributed by atoms with E-state index >= 15 is 0 Å². The highest BCUT2D eigenvalue weighted by Crippen LogP contribution is 2.31. The molecule has 5 heteroatoms. The third-order valence-electron chi connectivity index (χ3n) is 4.06. The van der Waals surface area contributed by atoms with Gasteiger partial charge >= 0.3 is 0 Å². The number of nitrogens with zero attached hydrogens (tertiary/aromatic N) is 1. The van der Waals surface area contributed by atoms with Crippen LogP contribution in [0.25, 0.3) is 0 Å². The zero-order chi connectivity index (χ0) is 18.8. The van der Waals surface area contributed by atoms with Gasteiger partial charge in [-0.1, -0.05) is 18.2 Å². The fraction of sp³-hybridized carbons (Fsp3) is 0.381. The maximum Gasteiger partial charge on any atom is 0.251 e. The van der Waals surface area contributed by atoms with Gasteiger partial charge in [0, 0.05) is 38.0 Å². The summed E-state index contributed by atoms with van der Waals surface area (Å²) >= 11 is 0. The normalized spacial score (nSPS) is 10.3. The molecule has 0 atom stereocenters. The first-order valence-corrected chi connectivity index (χ1v) is 8.93. The average Bonchev–Trinajstić information content (AvgIpc) is 2.67. The first-order valence-electron chi connectivity index (χ1n) is 8.93. The van der Waals surface area contributed by atoms with Gasteiger partial charge < -0.3 is 19.7 Å². The number of anilines is 1. The molecule has 0 aliphatic carbocycles. The Hall–Kier alpha value is -2.69. The highest BCUT2D eigenvalue weighted by molar-refractivity contribution is 5.94. The molecule has 2 aromatic carbocycles. The minimum Gasteiger partial charge on any atom is -0.493 e. The second-order valence-electron chi connectivity index (χ2n) is 6.26. The summed E-state index contributed by atoms with van der Waals surface area (Å²) in [5.41, 5.74) is 1.77. The lowest BCUT2D eigenvalue weighted by atomic mass is 10.2. The maximum atomic E-state index is 11.9. The summed E-state index contributed by atoms with van der Waals surface area (Å²) in [6.07, 6.45) is 2.85. The number of rotatable bonds is 10. The molecule has 140 valence electrons. The summed E-state index contributed by atoms with van der Waals surface area (Å²) in [6.45, 7) is 1.30. The largest absolute Gasteiger partial charge is 0.493 e. The first-order chi connectivity index (χ1) is 12.6. The van der Waals surface area contributed by atoms with Crippen LogP contribution in [0.3, 0.4) is 0 Å². The monoisotopic (exact) mass is 356 g/mol. The van der Waals surface area contributed by atoms with Crippen LogP contribution in [-0.2, 0) is 0 Å². The zero-order valence-electron chi connectivity index (χ0n) is 15.8. The summed E-state index contributed by atoms with van der Waals surface area (Å²) in [4.78, 5) is 13.9. The van der Waals surface area contributed by atoms with E-state index in [0.717, 1.165) is 36.4 Å². The average molecular weight is 356 g/mol. The van der Waals surface area contributed by atoms with Gasteiger partial charge in [-0.25, -0.2) is 0 Å². The Balaban J connectivity index is 1.64. The van der Waals surface area contributed by atoms with Crippen molar-refractivity contribution in [2.75, 3.05) is 39.3 Å². The molecule has 1 amide bonds. The van der Waals surface area contributed by atoms with Crippen LogP contribution in [0.5, 0.6) is 11.5 Å². The van der Waals surface area contributed by atoms with Gasteiger partial charge in [-0.3, -0.25) is 4.79 Å². The molecular weight excluding hydrogens is 328 g/mol. The zero-order valence-corrected chi connectivity index (χ0v) is 15.8. The molecule has 0 saturated heterocycles. The molecule has 1 N–H and O–H groups in total. The van der Waals surface area contributed by atoms with Gasteiger partial charge in [0.15, 0.2) is 11.5 Å². The molecule has 0 aromatic heterocycles. The van der Waals surface area contributed by atoms with Crippen molar-refractivity contribution in [1.29, 1.82) is 0 Å². The number of unbranched alkanes of at least 4 members (excludes halogenated alkanes) is 2. The van der Waals surface area contributed by atoms with Crippen LogP contribution in [0.2, 0.25) is 0 Å². The standard InChI is InChI=1S/C21H28N2O3/c1-23(2)18-12-13-19(20(16-18)25-3)26-15-9-5-8-14-22-21(24)17-10-6-4-7-11-17/h4,6-7,10-13,16H,5,8-9,14-15H2,1-3H3,(H,22,24). The number of nitrogens with one attached hydrogen (secondary N) is 1. The number of carbonyl (C=O) groups is 1. The van der Waals surface area contributed by atoms with E-state index < -0.39 is 0 Å². The Kier molecular flexibility index (Phi) is 7.80. The van der Waals surface area contributed by atoms with E-state index in [2.05, 4.69) is 5.32 Å². The summed E-state index contributed by atoms with van der Waals surface area (Å²) in [5.74, 6) is 1.48. The van der Waals surface area contributed by atoms with Crippen molar-refractivity contribution < 1.29 is 14.3 Å². The van der Waals surface area contributed by atoms with Gasteiger partial charge in [-0.2, -0.15) is 0 Å². The summed E-state index contributed by atoms with van der Waals surface area (Å²) in [7, 11) is 5.63. The van der Waals surface area contributed by atoms with Crippen LogP contribution in [0, 0.1) is 0 Å². The van der Waals surface area contributed by atoms with Crippen LogP contribution in [-0.4, -0.2) is 40.3 Å². The number of ether oxygens (including phenoxy) is 2. The molecule has 0 bridgehead atoms. The lowest BCUT2D eigenvalue weighted by Gasteiger charge is -2.16. The molecule has 0 unspecified atom stereocenters. The van der Waals surface area contributed by atoms with Gasteiger partial charge in [0.25, 0.3) is 5.91 Å². The van der Waals surface area contributed by atoms with E-state index in [9.17, 15) is 4.79 Å². The Labute approximate surface area is 155 Å². The number of hydrogen-bond acceptors (Lipinski definition) is 4. The third-order valence-corrected chi connectivity index (χ3v) is 4.06. The van der Waals surface area contributed by atoms with Gasteiger partial charge in [-0.05, 0) is 43.5 Å². The van der Waals surface area contributed by atoms with Gasteiger partial charge in [0.05, 0.1) is 13.7 Å². The van der Waals surface area contributed by atoms with Crippen molar-refractivity contribution >= 4 is 11.6 Å². The van der Waals surface area contributed by atoms with Crippen molar-refractivity contribution in [2.24, 2.45) is 0 Å². The van der Waals surface area contributed by atoms with Crippen molar-refractivity contribution in [3.63, 3.8) is 0 Å². The number of benzene rings is 2. The topological polar surface area (TPSA) is 50.8 Å². The van der Waals surface area contributed by atoms with Crippen molar-refractivity contribution in [2.45, 2.75) is 19.3 Å². The molecule has 2 rings (SSSR count). The molecule has 5 nitrogen and oxygen atoms in total. The SMILES string of the molecule is COc1cc(N(C)C)ccc1OCCCCCNC(=O)c1ccccc1. The van der Waals surface area contributed by atoms with E-state index in [0.29, 0.717) is 18.7 Å². The van der Waals surface area contributed by atoms with Crippen LogP contribution < -0.4 is 19.7 Å². The van der Waals surface area contributed by atoms with Crippen molar-refractivity contribution in [3.8, 4) is 11.5 Å². The highest BCUT2D eigenvalue weighted by atomic mass is 16.5. The second kappa shape index (κ2) is 10.3. The van der Waals surface area contributed by atoms with Gasteiger partial charge in [-0.15, -0.1) is 0 Å². The van der Waals surface area contributed by atoms with Gasteiger partial charge in [0.1, 0.15) is 0 Å². The third kappa shape index (κ3) is 5.99. The molecule has 26 heavy (non-hydrogen) atoms. The van der Waals surface area contributed by atoms with Crippen LogP contribution in [0.15, 0.2) is 48.5 Å². The minimum absolute atomic E-state index is 0.0208. The Morgan fingerprint density at radius 2 is 1.77 bits per heavy atom. The predicted molar refractivity (Wildman–Crippen MR) is 105 cm³/mol. The first kappa shape index (κ1) is 19.6. The maximum absolute atomic E-state index is 11.9. The summed E-state index contributed by atoms with van der Waals surface area (Å²) < 4.78 is 11.2. The van der Waals surface area contributed by atoms with Crippen LogP contribution in [0.1, 0.15) is 29.6 Å². The molecule has 0 saturated carbocycles. The van der Waals surface area contributed by atoms with E-state index in [1.165, 1.54) is 0 Å². The lowest BCUT2D eigenvalue weighted by molar-refractivity contribution is 0.0953. The minimum atomic E-state index is -0.0208. The quantitative estimate of drug-likeness (QED) is 0.659. The van der Waals surface area contributed by atoms with E-state index in [4.69, 9.17) is 9.47 Å². The van der Waals surface area contributed by atoms with E-state index in [1.54, 1.807) is 7.11 Å². The molecule has 2 aromatic rings. The molecule has 0 aliphatic rings. The Bertz CT molecular complexity index is 687. The molecule has 0 heterocycles. The lowest BCUT2D eigenvalue weighted by Crippen LogP contribution is -2.24. The van der Waals surface area contributed by atoms with Gasteiger partial charge in [0.2, 0.25) is 0 Å². The van der Waals surface area contributed by atoms with Crippen LogP contribution in [0.4, 0.5) is 5.69 Å². The Morgan fingerprint density at radius 1 is 1.00 bits per heavy atom. The second-order valence-corrected chi connectivity index (χ2v) is 6.26. The van der Waals surface area contributed by atoms with Crippen LogP contribution >= 0.6 is 0 Å². The smallest absolute Gasteiger partial charge is 0.251 e. The Morgan fingerprint density at radius 3 is 2.46 bits per heavy atom. The number of carbonyl (C=O) groups excluding carboxylic acids is 1. The fourth-order valence-corrected chi connectivity index (χ4v) is 2.53. The molecule has 0 fully saturated rings. The predicted octanol–water partition coefficient (Wildman–Crippen LogP) is 3.74. The summed E-state index contributed by atoms with van der Waals surface area (Å²) in [5, 5.41) is 2.94. The van der Waals surface area contributed by atoms with E-state index in [-0.39, 0.29) is 5.91 Å². The molecular formula is C21H28N2O3. The molecule has 0 aliphatic heterocycles. The highest BCUT2D eigenvalue weighted by Gasteiger charge is 2.07.